The molecule has 0 radical (unpaired) electrons. The predicted molar refractivity (Wildman–Crippen MR) is 74.4 cm³/mol. The first-order valence-electron chi connectivity index (χ1n) is 6.97. The number of rotatable bonds is 7. The molecule has 108 valence electrons. The van der Waals surface area contributed by atoms with Gasteiger partial charge in [0.15, 0.2) is 0 Å². The van der Waals surface area contributed by atoms with E-state index in [0.717, 1.165) is 25.7 Å². The van der Waals surface area contributed by atoms with Crippen LogP contribution in [0.25, 0.3) is 0 Å². The van der Waals surface area contributed by atoms with Gasteiger partial charge < -0.3 is 5.73 Å². The second kappa shape index (κ2) is 7.43. The molecule has 0 aromatic carbocycles. The first-order valence-corrected chi connectivity index (χ1v) is 8.37. The Hall–Kier alpha value is -0.170. The van der Waals surface area contributed by atoms with Crippen molar-refractivity contribution in [3.63, 3.8) is 0 Å². The minimum Gasteiger partial charge on any atom is -0.330 e. The molecule has 0 aromatic rings. The van der Waals surface area contributed by atoms with Gasteiger partial charge in [0, 0.05) is 26.2 Å². The van der Waals surface area contributed by atoms with Gasteiger partial charge in [-0.1, -0.05) is 13.8 Å². The molecule has 6 heteroatoms. The van der Waals surface area contributed by atoms with E-state index in [1.165, 1.54) is 0 Å². The van der Waals surface area contributed by atoms with Crippen LogP contribution < -0.4 is 5.73 Å². The van der Waals surface area contributed by atoms with Gasteiger partial charge in [0.25, 0.3) is 10.2 Å². The van der Waals surface area contributed by atoms with Crippen LogP contribution in [-0.2, 0) is 10.2 Å². The molecule has 0 spiro atoms. The Bertz CT molecular complexity index is 324. The summed E-state index contributed by atoms with van der Waals surface area (Å²) < 4.78 is 28.2. The fourth-order valence-electron chi connectivity index (χ4n) is 2.24. The molecule has 0 aliphatic carbocycles. The van der Waals surface area contributed by atoms with Gasteiger partial charge in [0.2, 0.25) is 0 Å². The highest BCUT2D eigenvalue weighted by Crippen LogP contribution is 2.20. The maximum atomic E-state index is 12.5. The fourth-order valence-corrected chi connectivity index (χ4v) is 4.01. The van der Waals surface area contributed by atoms with Crippen molar-refractivity contribution >= 4 is 10.2 Å². The van der Waals surface area contributed by atoms with Crippen molar-refractivity contribution in [2.75, 3.05) is 32.7 Å². The molecule has 2 N–H and O–H groups in total. The fraction of sp³-hybridized carbons (Fsp3) is 1.00. The van der Waals surface area contributed by atoms with E-state index in [4.69, 9.17) is 5.73 Å². The molecule has 5 nitrogen and oxygen atoms in total. The Morgan fingerprint density at radius 2 is 1.89 bits per heavy atom. The molecule has 0 bridgehead atoms. The van der Waals surface area contributed by atoms with Crippen LogP contribution in [0, 0.1) is 5.92 Å². The maximum Gasteiger partial charge on any atom is 0.281 e. The second-order valence-electron chi connectivity index (χ2n) is 5.13. The average Bonchev–Trinajstić information content (AvgIpc) is 2.35. The zero-order valence-electron chi connectivity index (χ0n) is 11.6. The van der Waals surface area contributed by atoms with Crippen molar-refractivity contribution in [1.29, 1.82) is 0 Å². The first kappa shape index (κ1) is 15.9. The summed E-state index contributed by atoms with van der Waals surface area (Å²) in [6.07, 6.45) is 3.50. The molecule has 1 heterocycles. The maximum absolute atomic E-state index is 12.5. The smallest absolute Gasteiger partial charge is 0.281 e. The molecule has 1 saturated heterocycles. The molecule has 0 atom stereocenters. The van der Waals surface area contributed by atoms with Crippen molar-refractivity contribution < 1.29 is 8.42 Å². The van der Waals surface area contributed by atoms with Gasteiger partial charge >= 0.3 is 0 Å². The Morgan fingerprint density at radius 3 is 2.39 bits per heavy atom. The lowest BCUT2D eigenvalue weighted by molar-refractivity contribution is 0.263. The molecule has 1 aliphatic heterocycles. The lowest BCUT2D eigenvalue weighted by atomic mass is 10.0. The Kier molecular flexibility index (Phi) is 6.55. The van der Waals surface area contributed by atoms with Gasteiger partial charge in [-0.25, -0.2) is 0 Å². The SMILES string of the molecule is CCCN(CCCN)S(=O)(=O)N1CCC(C)CC1. The van der Waals surface area contributed by atoms with E-state index >= 15 is 0 Å². The average molecular weight is 277 g/mol. The molecule has 0 saturated carbocycles. The number of piperidine rings is 1. The highest BCUT2D eigenvalue weighted by molar-refractivity contribution is 7.86. The zero-order chi connectivity index (χ0) is 13.6. The van der Waals surface area contributed by atoms with E-state index in [1.807, 2.05) is 6.92 Å². The van der Waals surface area contributed by atoms with Crippen LogP contribution in [0.4, 0.5) is 0 Å². The van der Waals surface area contributed by atoms with Crippen LogP contribution in [0.1, 0.15) is 39.5 Å². The minimum atomic E-state index is -3.27. The van der Waals surface area contributed by atoms with E-state index in [9.17, 15) is 8.42 Å². The molecular weight excluding hydrogens is 250 g/mol. The Labute approximate surface area is 112 Å². The van der Waals surface area contributed by atoms with Crippen LogP contribution in [0.2, 0.25) is 0 Å². The molecule has 0 amide bonds. The lowest BCUT2D eigenvalue weighted by Crippen LogP contribution is -2.47. The highest BCUT2D eigenvalue weighted by atomic mass is 32.2. The molecule has 0 aromatic heterocycles. The third kappa shape index (κ3) is 4.19. The lowest BCUT2D eigenvalue weighted by Gasteiger charge is -2.34. The molecule has 1 aliphatic rings. The van der Waals surface area contributed by atoms with E-state index in [1.54, 1.807) is 8.61 Å². The molecule has 1 fully saturated rings. The zero-order valence-corrected chi connectivity index (χ0v) is 12.5. The molecule has 1 rings (SSSR count). The first-order chi connectivity index (χ1) is 8.52. The summed E-state index contributed by atoms with van der Waals surface area (Å²) in [5.41, 5.74) is 5.48. The van der Waals surface area contributed by atoms with E-state index in [2.05, 4.69) is 6.92 Å². The molecule has 18 heavy (non-hydrogen) atoms. The summed E-state index contributed by atoms with van der Waals surface area (Å²) in [6.45, 7) is 7.17. The summed E-state index contributed by atoms with van der Waals surface area (Å²) >= 11 is 0. The largest absolute Gasteiger partial charge is 0.330 e. The minimum absolute atomic E-state index is 0.534. The topological polar surface area (TPSA) is 66.6 Å². The van der Waals surface area contributed by atoms with Crippen LogP contribution in [-0.4, -0.2) is 49.8 Å². The van der Waals surface area contributed by atoms with E-state index < -0.39 is 10.2 Å². The van der Waals surface area contributed by atoms with Crippen LogP contribution in [0.5, 0.6) is 0 Å². The third-order valence-electron chi connectivity index (χ3n) is 3.48. The predicted octanol–water partition coefficient (Wildman–Crippen LogP) is 1.02. The third-order valence-corrected chi connectivity index (χ3v) is 5.52. The summed E-state index contributed by atoms with van der Waals surface area (Å²) in [5, 5.41) is 0. The van der Waals surface area contributed by atoms with Crippen molar-refractivity contribution in [2.24, 2.45) is 11.7 Å². The summed E-state index contributed by atoms with van der Waals surface area (Å²) in [4.78, 5) is 0. The van der Waals surface area contributed by atoms with E-state index in [-0.39, 0.29) is 0 Å². The van der Waals surface area contributed by atoms with Gasteiger partial charge in [-0.05, 0) is 38.1 Å². The van der Waals surface area contributed by atoms with Crippen LogP contribution >= 0.6 is 0 Å². The number of hydrogen-bond donors (Lipinski definition) is 1. The highest BCUT2D eigenvalue weighted by Gasteiger charge is 2.31. The van der Waals surface area contributed by atoms with Gasteiger partial charge in [0.1, 0.15) is 0 Å². The quantitative estimate of drug-likeness (QED) is 0.755. The monoisotopic (exact) mass is 277 g/mol. The molecular formula is C12H27N3O2S. The number of nitrogens with two attached hydrogens (primary N) is 1. The number of hydrogen-bond acceptors (Lipinski definition) is 3. The summed E-state index contributed by atoms with van der Waals surface area (Å²) in [7, 11) is -3.27. The van der Waals surface area contributed by atoms with Crippen LogP contribution in [0.15, 0.2) is 0 Å². The Morgan fingerprint density at radius 1 is 1.28 bits per heavy atom. The van der Waals surface area contributed by atoms with Crippen LogP contribution in [0.3, 0.4) is 0 Å². The molecule has 0 unspecified atom stereocenters. The van der Waals surface area contributed by atoms with Crippen molar-refractivity contribution in [3.8, 4) is 0 Å². The van der Waals surface area contributed by atoms with Gasteiger partial charge in [-0.2, -0.15) is 17.0 Å². The Balaban J connectivity index is 2.68. The van der Waals surface area contributed by atoms with E-state index in [0.29, 0.717) is 38.6 Å². The van der Waals surface area contributed by atoms with Gasteiger partial charge in [-0.15, -0.1) is 0 Å². The van der Waals surface area contributed by atoms with Gasteiger partial charge in [0.05, 0.1) is 0 Å². The normalized spacial score (nSPS) is 19.6. The summed E-state index contributed by atoms with van der Waals surface area (Å²) in [6, 6.07) is 0. The van der Waals surface area contributed by atoms with Gasteiger partial charge in [-0.3, -0.25) is 0 Å². The van der Waals surface area contributed by atoms with Crippen molar-refractivity contribution in [2.45, 2.75) is 39.5 Å². The number of nitrogens with zero attached hydrogens (tertiary/aromatic N) is 2. The second-order valence-corrected chi connectivity index (χ2v) is 7.06. The summed E-state index contributed by atoms with van der Waals surface area (Å²) in [5.74, 6) is 0.639. The standard InChI is InChI=1S/C12H27N3O2S/c1-3-8-14(9-4-7-13)18(16,17)15-10-5-12(2)6-11-15/h12H,3-11,13H2,1-2H3. The van der Waals surface area contributed by atoms with Crippen molar-refractivity contribution in [3.05, 3.63) is 0 Å². The van der Waals surface area contributed by atoms with Crippen molar-refractivity contribution in [1.82, 2.24) is 8.61 Å².